The maximum absolute atomic E-state index is 12.4. The SMILES string of the molecule is COc1cc(C=C2CC(C(C)(C)C)Cc3c2nc2ccccc2c3C(=O)O)cc(Br)c1O. The van der Waals surface area contributed by atoms with Crippen molar-refractivity contribution in [1.82, 2.24) is 4.98 Å². The fourth-order valence-electron chi connectivity index (χ4n) is 4.41. The van der Waals surface area contributed by atoms with Crippen molar-refractivity contribution in [1.29, 1.82) is 0 Å². The number of methoxy groups -OCH3 is 1. The highest BCUT2D eigenvalue weighted by atomic mass is 79.9. The van der Waals surface area contributed by atoms with Gasteiger partial charge in [-0.3, -0.25) is 0 Å². The second-order valence-electron chi connectivity index (χ2n) is 9.33. The van der Waals surface area contributed by atoms with E-state index in [1.165, 1.54) is 7.11 Å². The molecule has 0 spiro atoms. The van der Waals surface area contributed by atoms with Crippen molar-refractivity contribution in [3.63, 3.8) is 0 Å². The van der Waals surface area contributed by atoms with Gasteiger partial charge in [0, 0.05) is 5.39 Å². The largest absolute Gasteiger partial charge is 0.503 e. The van der Waals surface area contributed by atoms with Crippen LogP contribution in [0.2, 0.25) is 0 Å². The number of benzene rings is 2. The Morgan fingerprint density at radius 2 is 1.94 bits per heavy atom. The molecule has 0 saturated carbocycles. The second kappa shape index (κ2) is 8.24. The number of fused-ring (bicyclic) bond motifs is 2. The Hall–Kier alpha value is -2.86. The van der Waals surface area contributed by atoms with E-state index < -0.39 is 5.97 Å². The summed E-state index contributed by atoms with van der Waals surface area (Å²) >= 11 is 3.39. The van der Waals surface area contributed by atoms with Crippen LogP contribution in [-0.4, -0.2) is 28.3 Å². The van der Waals surface area contributed by atoms with Gasteiger partial charge in [-0.25, -0.2) is 9.78 Å². The zero-order valence-electron chi connectivity index (χ0n) is 18.6. The predicted molar refractivity (Wildman–Crippen MR) is 130 cm³/mol. The minimum atomic E-state index is -0.928. The summed E-state index contributed by atoms with van der Waals surface area (Å²) in [6, 6.07) is 11.0. The Kier molecular flexibility index (Phi) is 5.76. The molecule has 1 atom stereocenters. The average molecular weight is 496 g/mol. The Morgan fingerprint density at radius 1 is 1.22 bits per heavy atom. The highest BCUT2D eigenvalue weighted by Gasteiger charge is 2.35. The van der Waals surface area contributed by atoms with E-state index in [9.17, 15) is 15.0 Å². The molecule has 1 unspecified atom stereocenters. The molecule has 166 valence electrons. The number of ether oxygens (including phenoxy) is 1. The summed E-state index contributed by atoms with van der Waals surface area (Å²) < 4.78 is 5.84. The zero-order chi connectivity index (χ0) is 23.2. The van der Waals surface area contributed by atoms with Gasteiger partial charge >= 0.3 is 5.97 Å². The van der Waals surface area contributed by atoms with Crippen LogP contribution in [0.1, 0.15) is 54.4 Å². The van der Waals surface area contributed by atoms with E-state index in [4.69, 9.17) is 9.72 Å². The van der Waals surface area contributed by atoms with E-state index in [-0.39, 0.29) is 17.1 Å². The van der Waals surface area contributed by atoms with E-state index in [1.54, 1.807) is 6.07 Å². The number of aromatic nitrogens is 1. The first-order chi connectivity index (χ1) is 15.1. The van der Waals surface area contributed by atoms with Crippen LogP contribution < -0.4 is 4.74 Å². The van der Waals surface area contributed by atoms with Crippen LogP contribution in [0, 0.1) is 11.3 Å². The van der Waals surface area contributed by atoms with Crippen LogP contribution in [0.4, 0.5) is 0 Å². The molecule has 1 aliphatic carbocycles. The number of allylic oxidation sites excluding steroid dienone is 1. The van der Waals surface area contributed by atoms with E-state index in [0.29, 0.717) is 33.1 Å². The van der Waals surface area contributed by atoms with Crippen LogP contribution >= 0.6 is 15.9 Å². The Bertz CT molecular complexity index is 1260. The maximum atomic E-state index is 12.4. The topological polar surface area (TPSA) is 79.7 Å². The average Bonchev–Trinajstić information content (AvgIpc) is 2.73. The lowest BCUT2D eigenvalue weighted by Gasteiger charge is -2.36. The van der Waals surface area contributed by atoms with Crippen molar-refractivity contribution < 1.29 is 19.7 Å². The molecule has 0 amide bonds. The molecule has 6 heteroatoms. The molecule has 0 aliphatic heterocycles. The summed E-state index contributed by atoms with van der Waals surface area (Å²) in [5.74, 6) is -0.261. The van der Waals surface area contributed by atoms with E-state index in [2.05, 4.69) is 36.7 Å². The number of hydrogen-bond donors (Lipinski definition) is 2. The third-order valence-electron chi connectivity index (χ3n) is 6.26. The van der Waals surface area contributed by atoms with Crippen molar-refractivity contribution in [3.05, 3.63) is 63.3 Å². The molecule has 1 aliphatic rings. The number of carboxylic acids is 1. The highest BCUT2D eigenvalue weighted by molar-refractivity contribution is 9.10. The molecule has 2 N–H and O–H groups in total. The van der Waals surface area contributed by atoms with Gasteiger partial charge < -0.3 is 14.9 Å². The molecule has 2 aromatic carbocycles. The number of rotatable bonds is 3. The molecule has 1 heterocycles. The minimum Gasteiger partial charge on any atom is -0.503 e. The van der Waals surface area contributed by atoms with Crippen molar-refractivity contribution in [2.75, 3.05) is 7.11 Å². The first-order valence-electron chi connectivity index (χ1n) is 10.5. The van der Waals surface area contributed by atoms with Crippen LogP contribution in [0.25, 0.3) is 22.6 Å². The fraction of sp³-hybridized carbons (Fsp3) is 0.308. The first kappa shape index (κ1) is 22.3. The van der Waals surface area contributed by atoms with Gasteiger partial charge in [0.1, 0.15) is 0 Å². The summed E-state index contributed by atoms with van der Waals surface area (Å²) in [4.78, 5) is 17.3. The lowest BCUT2D eigenvalue weighted by molar-refractivity contribution is 0.0696. The summed E-state index contributed by atoms with van der Waals surface area (Å²) in [7, 11) is 1.51. The van der Waals surface area contributed by atoms with Gasteiger partial charge in [-0.1, -0.05) is 39.0 Å². The Labute approximate surface area is 195 Å². The van der Waals surface area contributed by atoms with Gasteiger partial charge in [-0.15, -0.1) is 0 Å². The number of aromatic hydroxyl groups is 1. The molecule has 0 radical (unpaired) electrons. The standard InChI is InChI=1S/C26H26BrNO4/c1-26(2,3)16-12-15(9-14-10-19(27)24(29)21(11-14)32-4)23-18(13-16)22(25(30)31)17-7-5-6-8-20(17)28-23/h5-11,16,29H,12-13H2,1-4H3,(H,30,31). The molecular formula is C26H26BrNO4. The quantitative estimate of drug-likeness (QED) is 0.430. The normalized spacial score (nSPS) is 17.4. The van der Waals surface area contributed by atoms with Crippen molar-refractivity contribution in [2.24, 2.45) is 11.3 Å². The number of carbonyl (C=O) groups is 1. The van der Waals surface area contributed by atoms with Crippen LogP contribution in [0.15, 0.2) is 40.9 Å². The van der Waals surface area contributed by atoms with Crippen LogP contribution in [0.5, 0.6) is 11.5 Å². The van der Waals surface area contributed by atoms with Crippen LogP contribution in [0.3, 0.4) is 0 Å². The van der Waals surface area contributed by atoms with Crippen molar-refractivity contribution in [3.8, 4) is 11.5 Å². The van der Waals surface area contributed by atoms with E-state index in [1.807, 2.05) is 36.4 Å². The molecule has 3 aromatic rings. The molecule has 0 saturated heterocycles. The number of aromatic carboxylic acids is 1. The molecule has 0 fully saturated rings. The summed E-state index contributed by atoms with van der Waals surface area (Å²) in [5.41, 5.74) is 4.37. The Morgan fingerprint density at radius 3 is 2.59 bits per heavy atom. The number of carboxylic acid groups (broad SMARTS) is 1. The molecular weight excluding hydrogens is 470 g/mol. The zero-order valence-corrected chi connectivity index (χ0v) is 20.2. The molecule has 32 heavy (non-hydrogen) atoms. The lowest BCUT2D eigenvalue weighted by Crippen LogP contribution is -2.28. The number of halogens is 1. The number of para-hydroxylation sites is 1. The van der Waals surface area contributed by atoms with Gasteiger partial charge in [0.25, 0.3) is 0 Å². The van der Waals surface area contributed by atoms with Crippen LogP contribution in [-0.2, 0) is 6.42 Å². The second-order valence-corrected chi connectivity index (χ2v) is 10.2. The molecule has 4 rings (SSSR count). The third-order valence-corrected chi connectivity index (χ3v) is 6.87. The number of phenols is 1. The fourth-order valence-corrected chi connectivity index (χ4v) is 4.87. The maximum Gasteiger partial charge on any atom is 0.336 e. The number of hydrogen-bond acceptors (Lipinski definition) is 4. The summed E-state index contributed by atoms with van der Waals surface area (Å²) in [6.45, 7) is 6.57. The van der Waals surface area contributed by atoms with Crippen molar-refractivity contribution in [2.45, 2.75) is 33.6 Å². The van der Waals surface area contributed by atoms with Gasteiger partial charge in [-0.05, 0) is 81.1 Å². The summed E-state index contributed by atoms with van der Waals surface area (Å²) in [5, 5.41) is 21.0. The van der Waals surface area contributed by atoms with Gasteiger partial charge in [0.15, 0.2) is 11.5 Å². The minimum absolute atomic E-state index is 0.00850. The number of nitrogens with zero attached hydrogens (tertiary/aromatic N) is 1. The van der Waals surface area contributed by atoms with Gasteiger partial charge in [0.05, 0.1) is 28.4 Å². The molecule has 1 aromatic heterocycles. The first-order valence-corrected chi connectivity index (χ1v) is 11.3. The highest BCUT2D eigenvalue weighted by Crippen LogP contribution is 2.45. The lowest BCUT2D eigenvalue weighted by atomic mass is 9.69. The van der Waals surface area contributed by atoms with Gasteiger partial charge in [0.2, 0.25) is 0 Å². The van der Waals surface area contributed by atoms with Crippen molar-refractivity contribution >= 4 is 44.5 Å². The monoisotopic (exact) mass is 495 g/mol. The Balaban J connectivity index is 2.00. The number of phenolic OH excluding ortho intramolecular Hbond substituents is 1. The molecule has 5 nitrogen and oxygen atoms in total. The number of pyridine rings is 1. The third kappa shape index (κ3) is 3.99. The van der Waals surface area contributed by atoms with E-state index in [0.717, 1.165) is 28.8 Å². The smallest absolute Gasteiger partial charge is 0.336 e. The molecule has 0 bridgehead atoms. The predicted octanol–water partition coefficient (Wildman–Crippen LogP) is 6.56. The summed E-state index contributed by atoms with van der Waals surface area (Å²) in [6.07, 6.45) is 3.47. The van der Waals surface area contributed by atoms with E-state index >= 15 is 0 Å². The van der Waals surface area contributed by atoms with Gasteiger partial charge in [-0.2, -0.15) is 0 Å².